The summed E-state index contributed by atoms with van der Waals surface area (Å²) in [5, 5.41) is 3.19. The van der Waals surface area contributed by atoms with E-state index in [1.54, 1.807) is 12.4 Å². The second-order valence-electron chi connectivity index (χ2n) is 8.09. The van der Waals surface area contributed by atoms with Crippen molar-refractivity contribution in [3.63, 3.8) is 0 Å². The molecule has 0 fully saturated rings. The van der Waals surface area contributed by atoms with Crippen LogP contribution in [-0.2, 0) is 11.2 Å². The molecule has 1 aliphatic carbocycles. The maximum Gasteiger partial charge on any atom is 0.220 e. The summed E-state index contributed by atoms with van der Waals surface area (Å²) in [6, 6.07) is 3.81. The molecule has 3 rings (SSSR count). The number of rotatable bonds is 4. The predicted molar refractivity (Wildman–Crippen MR) is 97.7 cm³/mol. The minimum atomic E-state index is -0.0171. The molecule has 1 N–H and O–H groups in total. The van der Waals surface area contributed by atoms with Crippen LogP contribution in [0.1, 0.15) is 57.8 Å². The summed E-state index contributed by atoms with van der Waals surface area (Å²) >= 11 is 0. The van der Waals surface area contributed by atoms with Crippen LogP contribution in [0.25, 0.3) is 11.4 Å². The van der Waals surface area contributed by atoms with E-state index < -0.39 is 0 Å². The van der Waals surface area contributed by atoms with Gasteiger partial charge in [-0.1, -0.05) is 27.7 Å². The van der Waals surface area contributed by atoms with Crippen LogP contribution in [0, 0.1) is 11.3 Å². The summed E-state index contributed by atoms with van der Waals surface area (Å²) in [6.07, 6.45) is 7.71. The van der Waals surface area contributed by atoms with Gasteiger partial charge >= 0.3 is 0 Å². The van der Waals surface area contributed by atoms with Crippen molar-refractivity contribution in [3.8, 4) is 11.4 Å². The number of hydrogen-bond donors (Lipinski definition) is 1. The lowest BCUT2D eigenvalue weighted by Crippen LogP contribution is -2.37. The highest BCUT2D eigenvalue weighted by atomic mass is 16.1. The average Bonchev–Trinajstić information content (AvgIpc) is 2.53. The van der Waals surface area contributed by atoms with Crippen LogP contribution in [0.4, 0.5) is 0 Å². The molecule has 0 saturated heterocycles. The third-order valence-corrected chi connectivity index (χ3v) is 4.55. The number of fused-ring (bicyclic) bond motifs is 1. The maximum absolute atomic E-state index is 12.3. The van der Waals surface area contributed by atoms with Gasteiger partial charge in [0.2, 0.25) is 5.91 Å². The van der Waals surface area contributed by atoms with Crippen molar-refractivity contribution < 1.29 is 4.79 Å². The summed E-state index contributed by atoms with van der Waals surface area (Å²) in [7, 11) is 0. The van der Waals surface area contributed by atoms with Gasteiger partial charge in [-0.15, -0.1) is 0 Å². The fourth-order valence-corrected chi connectivity index (χ4v) is 3.44. The molecule has 2 heterocycles. The Balaban J connectivity index is 1.91. The van der Waals surface area contributed by atoms with Crippen LogP contribution in [-0.4, -0.2) is 20.9 Å². The van der Waals surface area contributed by atoms with Crippen LogP contribution >= 0.6 is 0 Å². The van der Waals surface area contributed by atoms with Crippen LogP contribution in [0.5, 0.6) is 0 Å². The van der Waals surface area contributed by atoms with Gasteiger partial charge in [0, 0.05) is 36.1 Å². The normalized spacial score (nSPS) is 18.7. The van der Waals surface area contributed by atoms with Crippen molar-refractivity contribution in [3.05, 3.63) is 42.0 Å². The second kappa shape index (κ2) is 6.90. The SMILES string of the molecule is CC(C)CC(=O)NC1CC(C)(C)Cc2nc(-c3ccncc3)ncc21. The zero-order valence-electron chi connectivity index (χ0n) is 15.4. The van der Waals surface area contributed by atoms with Gasteiger partial charge in [-0.05, 0) is 36.3 Å². The molecule has 2 aromatic rings. The predicted octanol–water partition coefficient (Wildman–Crippen LogP) is 3.71. The van der Waals surface area contributed by atoms with Crippen LogP contribution < -0.4 is 5.32 Å². The molecule has 0 saturated carbocycles. The standard InChI is InChI=1S/C20H26N4O/c1-13(2)9-18(25)23-16-10-20(3,4)11-17-15(16)12-22-19(24-17)14-5-7-21-8-6-14/h5-8,12-13,16H,9-11H2,1-4H3,(H,23,25). The van der Waals surface area contributed by atoms with Crippen molar-refractivity contribution in [2.45, 2.75) is 53.0 Å². The maximum atomic E-state index is 12.3. The molecule has 0 radical (unpaired) electrons. The Morgan fingerprint density at radius 2 is 2.04 bits per heavy atom. The topological polar surface area (TPSA) is 67.8 Å². The first-order valence-electron chi connectivity index (χ1n) is 8.89. The quantitative estimate of drug-likeness (QED) is 0.922. The van der Waals surface area contributed by atoms with Crippen molar-refractivity contribution >= 4 is 5.91 Å². The molecule has 1 atom stereocenters. The van der Waals surface area contributed by atoms with Gasteiger partial charge in [0.25, 0.3) is 0 Å². The smallest absolute Gasteiger partial charge is 0.220 e. The van der Waals surface area contributed by atoms with E-state index in [0.717, 1.165) is 29.7 Å². The largest absolute Gasteiger partial charge is 0.349 e. The zero-order valence-corrected chi connectivity index (χ0v) is 15.4. The number of nitrogens with one attached hydrogen (secondary N) is 1. The van der Waals surface area contributed by atoms with Crippen LogP contribution in [0.15, 0.2) is 30.7 Å². The summed E-state index contributed by atoms with van der Waals surface area (Å²) < 4.78 is 0. The van der Waals surface area contributed by atoms with Crippen molar-refractivity contribution in [1.29, 1.82) is 0 Å². The van der Waals surface area contributed by atoms with Crippen molar-refractivity contribution in [2.75, 3.05) is 0 Å². The second-order valence-corrected chi connectivity index (χ2v) is 8.09. The monoisotopic (exact) mass is 338 g/mol. The van der Waals surface area contributed by atoms with Gasteiger partial charge < -0.3 is 5.32 Å². The Labute approximate surface area is 149 Å². The summed E-state index contributed by atoms with van der Waals surface area (Å²) in [5.41, 5.74) is 3.14. The number of pyridine rings is 1. The van der Waals surface area contributed by atoms with E-state index >= 15 is 0 Å². The summed E-state index contributed by atoms with van der Waals surface area (Å²) in [6.45, 7) is 8.57. The fraction of sp³-hybridized carbons (Fsp3) is 0.500. The molecule has 0 aromatic carbocycles. The van der Waals surface area contributed by atoms with E-state index in [4.69, 9.17) is 4.98 Å². The number of carbonyl (C=O) groups is 1. The molecule has 5 heteroatoms. The Bertz CT molecular complexity index is 756. The summed E-state index contributed by atoms with van der Waals surface area (Å²) in [4.78, 5) is 25.7. The molecule has 1 amide bonds. The minimum Gasteiger partial charge on any atom is -0.349 e. The molecule has 2 aromatic heterocycles. The van der Waals surface area contributed by atoms with Crippen LogP contribution in [0.2, 0.25) is 0 Å². The van der Waals surface area contributed by atoms with E-state index in [1.807, 2.05) is 18.3 Å². The lowest BCUT2D eigenvalue weighted by atomic mass is 9.74. The number of amides is 1. The Hall–Kier alpha value is -2.30. The number of aromatic nitrogens is 3. The highest BCUT2D eigenvalue weighted by Crippen LogP contribution is 2.40. The minimum absolute atomic E-state index is 0.0171. The van der Waals surface area contributed by atoms with Crippen LogP contribution in [0.3, 0.4) is 0 Å². The van der Waals surface area contributed by atoms with Gasteiger partial charge in [-0.3, -0.25) is 9.78 Å². The number of hydrogen-bond acceptors (Lipinski definition) is 4. The Kier molecular flexibility index (Phi) is 4.84. The molecule has 0 spiro atoms. The Morgan fingerprint density at radius 1 is 1.32 bits per heavy atom. The van der Waals surface area contributed by atoms with Crippen molar-refractivity contribution in [1.82, 2.24) is 20.3 Å². The van der Waals surface area contributed by atoms with E-state index in [-0.39, 0.29) is 17.4 Å². The van der Waals surface area contributed by atoms with Gasteiger partial charge in [0.1, 0.15) is 0 Å². The van der Waals surface area contributed by atoms with Gasteiger partial charge in [-0.2, -0.15) is 0 Å². The Morgan fingerprint density at radius 3 is 2.72 bits per heavy atom. The zero-order chi connectivity index (χ0) is 18.0. The highest BCUT2D eigenvalue weighted by molar-refractivity contribution is 5.76. The molecule has 0 bridgehead atoms. The van der Waals surface area contributed by atoms with Crippen molar-refractivity contribution in [2.24, 2.45) is 11.3 Å². The summed E-state index contributed by atoms with van der Waals surface area (Å²) in [5.74, 6) is 1.16. The van der Waals surface area contributed by atoms with Gasteiger partial charge in [0.15, 0.2) is 5.82 Å². The first-order chi connectivity index (χ1) is 11.8. The first-order valence-corrected chi connectivity index (χ1v) is 8.89. The fourth-order valence-electron chi connectivity index (χ4n) is 3.44. The molecule has 132 valence electrons. The van der Waals surface area contributed by atoms with Gasteiger partial charge in [0.05, 0.1) is 11.7 Å². The molecule has 25 heavy (non-hydrogen) atoms. The highest BCUT2D eigenvalue weighted by Gasteiger charge is 2.34. The first kappa shape index (κ1) is 17.5. The van der Waals surface area contributed by atoms with E-state index in [0.29, 0.717) is 18.2 Å². The molecular weight excluding hydrogens is 312 g/mol. The molecule has 1 aliphatic rings. The van der Waals surface area contributed by atoms with E-state index in [1.165, 1.54) is 0 Å². The number of carbonyl (C=O) groups excluding carboxylic acids is 1. The third kappa shape index (κ3) is 4.21. The average molecular weight is 338 g/mol. The lowest BCUT2D eigenvalue weighted by molar-refractivity contribution is -0.122. The number of nitrogens with zero attached hydrogens (tertiary/aromatic N) is 3. The molecule has 0 aliphatic heterocycles. The molecular formula is C20H26N4O. The van der Waals surface area contributed by atoms with Gasteiger partial charge in [-0.25, -0.2) is 9.97 Å². The van der Waals surface area contributed by atoms with E-state index in [9.17, 15) is 4.79 Å². The third-order valence-electron chi connectivity index (χ3n) is 4.55. The van der Waals surface area contributed by atoms with E-state index in [2.05, 4.69) is 43.0 Å². The molecule has 1 unspecified atom stereocenters. The molecule has 5 nitrogen and oxygen atoms in total. The lowest BCUT2D eigenvalue weighted by Gasteiger charge is -2.36.